The summed E-state index contributed by atoms with van der Waals surface area (Å²) >= 11 is 0. The number of alkyl halides is 2. The van der Waals surface area contributed by atoms with Crippen LogP contribution < -0.4 is 5.32 Å². The van der Waals surface area contributed by atoms with Gasteiger partial charge in [-0.25, -0.2) is 28.7 Å². The molecule has 0 bridgehead atoms. The lowest BCUT2D eigenvalue weighted by Crippen LogP contribution is -2.31. The predicted octanol–water partition coefficient (Wildman–Crippen LogP) is 6.16. The van der Waals surface area contributed by atoms with Gasteiger partial charge in [0.05, 0.1) is 5.92 Å². The van der Waals surface area contributed by atoms with Crippen LogP contribution in [0.3, 0.4) is 0 Å². The Kier molecular flexibility index (Phi) is 7.33. The van der Waals surface area contributed by atoms with Gasteiger partial charge in [0.2, 0.25) is 5.95 Å². The molecule has 0 saturated heterocycles. The Balaban J connectivity index is 1.49. The fourth-order valence-electron chi connectivity index (χ4n) is 4.90. The Hall–Kier alpha value is -3.49. The molecule has 1 aliphatic carbocycles. The molecule has 1 aromatic carbocycles. The van der Waals surface area contributed by atoms with Crippen LogP contribution in [0, 0.1) is 24.7 Å². The van der Waals surface area contributed by atoms with E-state index < -0.39 is 12.4 Å². The Morgan fingerprint density at radius 3 is 2.51 bits per heavy atom. The van der Waals surface area contributed by atoms with Crippen LogP contribution in [0.15, 0.2) is 42.9 Å². The summed E-state index contributed by atoms with van der Waals surface area (Å²) in [6.45, 7) is 6.06. The molecule has 0 aliphatic heterocycles. The van der Waals surface area contributed by atoms with Gasteiger partial charge in [0.1, 0.15) is 11.5 Å². The number of carbonyl (C=O) groups is 1. The summed E-state index contributed by atoms with van der Waals surface area (Å²) in [6.07, 6.45) is 4.61. The minimum atomic E-state index is -2.67. The van der Waals surface area contributed by atoms with E-state index in [0.717, 1.165) is 35.4 Å². The van der Waals surface area contributed by atoms with Crippen LogP contribution in [-0.4, -0.2) is 31.0 Å². The molecule has 9 heteroatoms. The fraction of sp³-hybridized carbons (Fsp3) is 0.423. The first-order valence-electron chi connectivity index (χ1n) is 11.8. The van der Waals surface area contributed by atoms with Gasteiger partial charge in [0, 0.05) is 35.8 Å². The quantitative estimate of drug-likeness (QED) is 0.416. The van der Waals surface area contributed by atoms with Crippen molar-refractivity contribution in [2.24, 2.45) is 17.8 Å². The van der Waals surface area contributed by atoms with Crippen LogP contribution in [0.2, 0.25) is 0 Å². The molecule has 3 aromatic rings. The first-order chi connectivity index (χ1) is 16.7. The average Bonchev–Trinajstić information content (AvgIpc) is 2.83. The highest BCUT2D eigenvalue weighted by Gasteiger charge is 2.35. The number of aromatic nitrogens is 4. The highest BCUT2D eigenvalue weighted by molar-refractivity contribution is 5.71. The van der Waals surface area contributed by atoms with E-state index in [2.05, 4.69) is 32.2 Å². The monoisotopic (exact) mass is 481 g/mol. The van der Waals surface area contributed by atoms with Crippen molar-refractivity contribution in [3.63, 3.8) is 0 Å². The first kappa shape index (κ1) is 24.6. The van der Waals surface area contributed by atoms with Crippen molar-refractivity contribution in [2.45, 2.75) is 52.4 Å². The van der Waals surface area contributed by atoms with Crippen molar-refractivity contribution in [3.8, 4) is 11.1 Å². The molecular formula is C26H29F2N5O2. The summed E-state index contributed by atoms with van der Waals surface area (Å²) in [4.78, 5) is 28.6. The lowest BCUT2D eigenvalue weighted by Gasteiger charge is -2.34. The summed E-state index contributed by atoms with van der Waals surface area (Å²) in [5.41, 5.74) is 3.02. The molecule has 0 amide bonds. The molecule has 4 rings (SSSR count). The lowest BCUT2D eigenvalue weighted by molar-refractivity contribution is -0.145. The van der Waals surface area contributed by atoms with Crippen LogP contribution >= 0.6 is 0 Å². The van der Waals surface area contributed by atoms with Crippen molar-refractivity contribution >= 4 is 17.6 Å². The molecular weight excluding hydrogens is 452 g/mol. The number of hydrogen-bond donors (Lipinski definition) is 2. The highest BCUT2D eigenvalue weighted by Crippen LogP contribution is 2.40. The maximum atomic E-state index is 13.0. The zero-order valence-electron chi connectivity index (χ0n) is 19.9. The van der Waals surface area contributed by atoms with Gasteiger partial charge in [-0.15, -0.1) is 0 Å². The topological polar surface area (TPSA) is 101 Å². The molecule has 0 spiro atoms. The SMILES string of the molecule is Cc1cc(Nc2nccc(C(F)F)n2)cc(-c2cnc(C(C)C3CC[C@@H](C(=O)O)[C@@H](C)C3)nc2)c1. The third kappa shape index (κ3) is 5.78. The van der Waals surface area contributed by atoms with E-state index in [0.29, 0.717) is 18.0 Å². The van der Waals surface area contributed by atoms with Gasteiger partial charge in [-0.1, -0.05) is 19.9 Å². The minimum absolute atomic E-state index is 0.103. The van der Waals surface area contributed by atoms with Crippen molar-refractivity contribution in [1.82, 2.24) is 19.9 Å². The van der Waals surface area contributed by atoms with E-state index in [1.165, 1.54) is 12.3 Å². The molecule has 2 aromatic heterocycles. The third-order valence-electron chi connectivity index (χ3n) is 6.88. The van der Waals surface area contributed by atoms with Gasteiger partial charge >= 0.3 is 5.97 Å². The first-order valence-corrected chi connectivity index (χ1v) is 11.8. The molecule has 1 fully saturated rings. The number of rotatable bonds is 7. The van der Waals surface area contributed by atoms with Crippen molar-refractivity contribution in [3.05, 3.63) is 59.9 Å². The second-order valence-electron chi connectivity index (χ2n) is 9.43. The maximum Gasteiger partial charge on any atom is 0.306 e. The molecule has 7 nitrogen and oxygen atoms in total. The number of carboxylic acid groups (broad SMARTS) is 1. The summed E-state index contributed by atoms with van der Waals surface area (Å²) in [6, 6.07) is 6.95. The molecule has 1 aliphatic rings. The number of nitrogens with zero attached hydrogens (tertiary/aromatic N) is 4. The van der Waals surface area contributed by atoms with E-state index in [1.807, 2.05) is 32.0 Å². The summed E-state index contributed by atoms with van der Waals surface area (Å²) in [5.74, 6) is 0.505. The zero-order chi connectivity index (χ0) is 25.1. The van der Waals surface area contributed by atoms with E-state index in [9.17, 15) is 18.7 Å². The molecule has 2 N–H and O–H groups in total. The summed E-state index contributed by atoms with van der Waals surface area (Å²) in [5, 5.41) is 12.4. The number of benzene rings is 1. The van der Waals surface area contributed by atoms with Gasteiger partial charge in [-0.2, -0.15) is 0 Å². The van der Waals surface area contributed by atoms with E-state index in [1.54, 1.807) is 12.4 Å². The number of hydrogen-bond acceptors (Lipinski definition) is 6. The Bertz CT molecular complexity index is 1190. The van der Waals surface area contributed by atoms with Crippen LogP contribution in [0.4, 0.5) is 20.4 Å². The minimum Gasteiger partial charge on any atom is -0.481 e. The van der Waals surface area contributed by atoms with Gasteiger partial charge in [-0.3, -0.25) is 4.79 Å². The van der Waals surface area contributed by atoms with Gasteiger partial charge in [-0.05, 0) is 67.3 Å². The van der Waals surface area contributed by atoms with Crippen LogP contribution in [0.5, 0.6) is 0 Å². The van der Waals surface area contributed by atoms with Crippen LogP contribution in [0.25, 0.3) is 11.1 Å². The van der Waals surface area contributed by atoms with Gasteiger partial charge in [0.25, 0.3) is 6.43 Å². The zero-order valence-corrected chi connectivity index (χ0v) is 19.9. The van der Waals surface area contributed by atoms with Crippen molar-refractivity contribution < 1.29 is 18.7 Å². The van der Waals surface area contributed by atoms with Crippen LogP contribution in [-0.2, 0) is 4.79 Å². The number of carboxylic acids is 1. The Morgan fingerprint density at radius 2 is 1.86 bits per heavy atom. The van der Waals surface area contributed by atoms with E-state index in [-0.39, 0.29) is 29.4 Å². The molecule has 184 valence electrons. The second kappa shape index (κ2) is 10.4. The van der Waals surface area contributed by atoms with Crippen LogP contribution in [0.1, 0.15) is 62.5 Å². The molecule has 1 saturated carbocycles. The van der Waals surface area contributed by atoms with E-state index >= 15 is 0 Å². The van der Waals surface area contributed by atoms with Crippen molar-refractivity contribution in [2.75, 3.05) is 5.32 Å². The number of nitrogens with one attached hydrogen (secondary N) is 1. The molecule has 2 unspecified atom stereocenters. The largest absolute Gasteiger partial charge is 0.481 e. The van der Waals surface area contributed by atoms with Crippen molar-refractivity contribution in [1.29, 1.82) is 0 Å². The summed E-state index contributed by atoms with van der Waals surface area (Å²) in [7, 11) is 0. The molecule has 0 radical (unpaired) electrons. The highest BCUT2D eigenvalue weighted by atomic mass is 19.3. The lowest BCUT2D eigenvalue weighted by atomic mass is 9.71. The van der Waals surface area contributed by atoms with Gasteiger partial charge in [0.15, 0.2) is 0 Å². The Morgan fingerprint density at radius 1 is 1.11 bits per heavy atom. The second-order valence-corrected chi connectivity index (χ2v) is 9.43. The normalized spacial score (nSPS) is 21.0. The standard InChI is InChI=1S/C26H29F2N5O2/c1-14-8-18(11-20(9-14)32-26-29-7-6-22(33-26)23(27)28)19-12-30-24(31-13-19)16(3)17-4-5-21(25(34)35)15(2)10-17/h6-9,11-13,15-17,21,23H,4-5,10H2,1-3H3,(H,34,35)(H,29,32,33)/t15-,16?,17?,21+/m0/s1. The predicted molar refractivity (Wildman–Crippen MR) is 129 cm³/mol. The number of anilines is 2. The average molecular weight is 482 g/mol. The summed E-state index contributed by atoms with van der Waals surface area (Å²) < 4.78 is 25.9. The van der Waals surface area contributed by atoms with E-state index in [4.69, 9.17) is 0 Å². The van der Waals surface area contributed by atoms with Gasteiger partial charge < -0.3 is 10.4 Å². The Labute approximate surface area is 203 Å². The number of aliphatic carboxylic acids is 1. The maximum absolute atomic E-state index is 13.0. The molecule has 4 atom stereocenters. The number of halogens is 2. The number of aryl methyl sites for hydroxylation is 1. The third-order valence-corrected chi connectivity index (χ3v) is 6.88. The molecule has 35 heavy (non-hydrogen) atoms. The molecule has 2 heterocycles. The fourth-order valence-corrected chi connectivity index (χ4v) is 4.90. The smallest absolute Gasteiger partial charge is 0.306 e.